The van der Waals surface area contributed by atoms with Gasteiger partial charge in [-0.1, -0.05) is 58.0 Å². The number of carbonyl (C=O) groups is 5. The molecule has 0 aliphatic carbocycles. The van der Waals surface area contributed by atoms with E-state index in [4.69, 9.17) is 22.9 Å². The largest absolute Gasteiger partial charge is 0.391 e. The van der Waals surface area contributed by atoms with Crippen molar-refractivity contribution in [2.75, 3.05) is 6.54 Å². The standard InChI is InChI=1S/C31H53N9O6/c1-17(2)14-22(37-27(43)21(32)12-9-13-36-31(34)35)28(44)38-23(15-18(3)4)29(45)39-24(16-20-10-7-6-8-11-20)30(46)40-25(19(5)41)26(33)42/h6-8,10-11,17-19,21-25,41H,9,12-16,32H2,1-5H3,(H2,33,42)(H,37,43)(H,38,44)(H,39,45)(H,40,46)(H4,34,35,36)/t19-,21+,22+,23+,24+,25+/m1/s1. The highest BCUT2D eigenvalue weighted by molar-refractivity contribution is 5.96. The van der Waals surface area contributed by atoms with E-state index in [9.17, 15) is 29.1 Å². The number of nitrogens with two attached hydrogens (primary N) is 4. The Morgan fingerprint density at radius 1 is 0.739 bits per heavy atom. The molecule has 0 fully saturated rings. The highest BCUT2D eigenvalue weighted by Crippen LogP contribution is 2.11. The lowest BCUT2D eigenvalue weighted by Crippen LogP contribution is -2.60. The Labute approximate surface area is 271 Å². The number of amides is 5. The van der Waals surface area contributed by atoms with Gasteiger partial charge < -0.3 is 49.3 Å². The summed E-state index contributed by atoms with van der Waals surface area (Å²) in [5.74, 6) is -3.52. The molecule has 1 aromatic rings. The highest BCUT2D eigenvalue weighted by Gasteiger charge is 2.33. The smallest absolute Gasteiger partial charge is 0.243 e. The monoisotopic (exact) mass is 647 g/mol. The van der Waals surface area contributed by atoms with Crippen LogP contribution in [0.5, 0.6) is 0 Å². The number of hydrogen-bond donors (Lipinski definition) is 9. The number of aliphatic imine (C=N–C) groups is 1. The molecule has 0 spiro atoms. The summed E-state index contributed by atoms with van der Waals surface area (Å²) in [5, 5.41) is 20.5. The van der Waals surface area contributed by atoms with Crippen LogP contribution in [0.4, 0.5) is 0 Å². The number of rotatable bonds is 20. The van der Waals surface area contributed by atoms with E-state index in [1.807, 2.05) is 27.7 Å². The first-order chi connectivity index (χ1) is 21.5. The van der Waals surface area contributed by atoms with Crippen molar-refractivity contribution in [1.82, 2.24) is 21.3 Å². The molecule has 0 unspecified atom stereocenters. The molecule has 258 valence electrons. The van der Waals surface area contributed by atoms with Crippen molar-refractivity contribution in [2.24, 2.45) is 39.8 Å². The minimum absolute atomic E-state index is 0.0117. The Hall–Kier alpha value is -4.24. The van der Waals surface area contributed by atoms with Crippen LogP contribution in [0.1, 0.15) is 65.9 Å². The second-order valence-electron chi connectivity index (χ2n) is 12.3. The fourth-order valence-corrected chi connectivity index (χ4v) is 4.62. The summed E-state index contributed by atoms with van der Waals surface area (Å²) in [6.45, 7) is 9.13. The molecule has 15 nitrogen and oxygen atoms in total. The van der Waals surface area contributed by atoms with Gasteiger partial charge in [0.05, 0.1) is 12.1 Å². The average molecular weight is 648 g/mol. The van der Waals surface area contributed by atoms with E-state index in [0.717, 1.165) is 5.56 Å². The molecule has 0 radical (unpaired) electrons. The maximum Gasteiger partial charge on any atom is 0.243 e. The molecule has 15 heteroatoms. The lowest BCUT2D eigenvalue weighted by molar-refractivity contribution is -0.135. The molecule has 0 saturated heterocycles. The summed E-state index contributed by atoms with van der Waals surface area (Å²) in [6.07, 6.45) is 0.0243. The van der Waals surface area contributed by atoms with E-state index in [0.29, 0.717) is 13.0 Å². The van der Waals surface area contributed by atoms with Crippen LogP contribution in [0, 0.1) is 11.8 Å². The van der Waals surface area contributed by atoms with Crippen molar-refractivity contribution in [2.45, 2.75) is 103 Å². The van der Waals surface area contributed by atoms with E-state index >= 15 is 0 Å². The number of benzene rings is 1. The molecule has 13 N–H and O–H groups in total. The minimum atomic E-state index is -1.38. The summed E-state index contributed by atoms with van der Waals surface area (Å²) in [6, 6.07) is 3.37. The second-order valence-corrected chi connectivity index (χ2v) is 12.3. The maximum atomic E-state index is 13.7. The maximum absolute atomic E-state index is 13.7. The Morgan fingerprint density at radius 2 is 1.22 bits per heavy atom. The molecule has 6 atom stereocenters. The van der Waals surface area contributed by atoms with Crippen molar-refractivity contribution in [3.63, 3.8) is 0 Å². The van der Waals surface area contributed by atoms with Crippen LogP contribution < -0.4 is 44.2 Å². The van der Waals surface area contributed by atoms with Crippen LogP contribution in [-0.4, -0.2) is 83.5 Å². The van der Waals surface area contributed by atoms with Gasteiger partial charge in [0.1, 0.15) is 24.2 Å². The number of hydrogen-bond acceptors (Lipinski definition) is 8. The van der Waals surface area contributed by atoms with Gasteiger partial charge >= 0.3 is 0 Å². The van der Waals surface area contributed by atoms with Crippen molar-refractivity contribution in [3.8, 4) is 0 Å². The van der Waals surface area contributed by atoms with E-state index < -0.39 is 65.8 Å². The Bertz CT molecular complexity index is 1170. The van der Waals surface area contributed by atoms with Crippen molar-refractivity contribution in [3.05, 3.63) is 35.9 Å². The zero-order valence-corrected chi connectivity index (χ0v) is 27.5. The third-order valence-corrected chi connectivity index (χ3v) is 6.99. The summed E-state index contributed by atoms with van der Waals surface area (Å²) >= 11 is 0. The Morgan fingerprint density at radius 3 is 1.67 bits per heavy atom. The second kappa shape index (κ2) is 20.0. The number of primary amides is 1. The first-order valence-corrected chi connectivity index (χ1v) is 15.5. The molecule has 0 heterocycles. The lowest BCUT2D eigenvalue weighted by Gasteiger charge is -2.28. The highest BCUT2D eigenvalue weighted by atomic mass is 16.3. The first-order valence-electron chi connectivity index (χ1n) is 15.5. The lowest BCUT2D eigenvalue weighted by atomic mass is 9.98. The normalized spacial score (nSPS) is 15.1. The molecule has 5 amide bonds. The van der Waals surface area contributed by atoms with Gasteiger partial charge in [0, 0.05) is 13.0 Å². The van der Waals surface area contributed by atoms with Crippen molar-refractivity contribution < 1.29 is 29.1 Å². The SMILES string of the molecule is CC(C)C[C@H](NC(=O)[C@H](CC(C)C)NC(=O)[C@@H](N)CCCN=C(N)N)C(=O)N[C@@H](Cc1ccccc1)C(=O)N[C@H](C(N)=O)[C@@H](C)O. The molecule has 0 bridgehead atoms. The van der Waals surface area contributed by atoms with Gasteiger partial charge in [-0.25, -0.2) is 0 Å². The molecule has 0 aliphatic rings. The number of nitrogens with zero attached hydrogens (tertiary/aromatic N) is 1. The number of carbonyl (C=O) groups excluding carboxylic acids is 5. The van der Waals surface area contributed by atoms with Crippen LogP contribution >= 0.6 is 0 Å². The van der Waals surface area contributed by atoms with Gasteiger partial charge in [-0.05, 0) is 50.0 Å². The van der Waals surface area contributed by atoms with Crippen LogP contribution in [0.15, 0.2) is 35.3 Å². The fraction of sp³-hybridized carbons (Fsp3) is 0.613. The van der Waals surface area contributed by atoms with Crippen LogP contribution in [-0.2, 0) is 30.4 Å². The average Bonchev–Trinajstić information content (AvgIpc) is 2.96. The van der Waals surface area contributed by atoms with E-state index in [1.165, 1.54) is 6.92 Å². The zero-order valence-electron chi connectivity index (χ0n) is 27.5. The van der Waals surface area contributed by atoms with E-state index in [-0.39, 0.29) is 43.5 Å². The van der Waals surface area contributed by atoms with Gasteiger partial charge in [0.2, 0.25) is 29.5 Å². The fourth-order valence-electron chi connectivity index (χ4n) is 4.62. The van der Waals surface area contributed by atoms with Crippen LogP contribution in [0.2, 0.25) is 0 Å². The number of aliphatic hydroxyl groups excluding tert-OH is 1. The third kappa shape index (κ3) is 15.2. The predicted octanol–water partition coefficient (Wildman–Crippen LogP) is -1.49. The predicted molar refractivity (Wildman–Crippen MR) is 176 cm³/mol. The Kier molecular flexibility index (Phi) is 17.3. The molecule has 0 aromatic heterocycles. The van der Waals surface area contributed by atoms with Gasteiger partial charge in [-0.3, -0.25) is 29.0 Å². The first kappa shape index (κ1) is 39.8. The minimum Gasteiger partial charge on any atom is -0.391 e. The third-order valence-electron chi connectivity index (χ3n) is 6.99. The van der Waals surface area contributed by atoms with Gasteiger partial charge in [-0.2, -0.15) is 0 Å². The molecule has 0 saturated carbocycles. The van der Waals surface area contributed by atoms with E-state index in [2.05, 4.69) is 26.3 Å². The van der Waals surface area contributed by atoms with Crippen molar-refractivity contribution in [1.29, 1.82) is 0 Å². The molecular formula is C31H53N9O6. The number of guanidine groups is 1. The Balaban J connectivity index is 3.17. The zero-order chi connectivity index (χ0) is 35.0. The van der Waals surface area contributed by atoms with Crippen LogP contribution in [0.25, 0.3) is 0 Å². The number of nitrogens with one attached hydrogen (secondary N) is 4. The number of aliphatic hydroxyl groups is 1. The van der Waals surface area contributed by atoms with Gasteiger partial charge in [0.15, 0.2) is 5.96 Å². The van der Waals surface area contributed by atoms with E-state index in [1.54, 1.807) is 30.3 Å². The molecule has 46 heavy (non-hydrogen) atoms. The summed E-state index contributed by atoms with van der Waals surface area (Å²) < 4.78 is 0. The molecular weight excluding hydrogens is 594 g/mol. The van der Waals surface area contributed by atoms with Crippen molar-refractivity contribution >= 4 is 35.5 Å². The van der Waals surface area contributed by atoms with Gasteiger partial charge in [0.25, 0.3) is 0 Å². The summed E-state index contributed by atoms with van der Waals surface area (Å²) in [7, 11) is 0. The molecule has 0 aliphatic heterocycles. The molecule has 1 aromatic carbocycles. The summed E-state index contributed by atoms with van der Waals surface area (Å²) in [4.78, 5) is 69.1. The molecule has 1 rings (SSSR count). The van der Waals surface area contributed by atoms with Crippen LogP contribution in [0.3, 0.4) is 0 Å². The van der Waals surface area contributed by atoms with Gasteiger partial charge in [-0.15, -0.1) is 0 Å². The summed E-state index contributed by atoms with van der Waals surface area (Å²) in [5.41, 5.74) is 22.8. The quantitative estimate of drug-likeness (QED) is 0.0452. The topological polar surface area (TPSA) is 270 Å².